The highest BCUT2D eigenvalue weighted by Crippen LogP contribution is 2.40. The van der Waals surface area contributed by atoms with E-state index in [0.29, 0.717) is 28.4 Å². The summed E-state index contributed by atoms with van der Waals surface area (Å²) in [5, 5.41) is 1.88. The molecule has 0 bridgehead atoms. The monoisotopic (exact) mass is 369 g/mol. The fraction of sp³-hybridized carbons (Fsp3) is 0.478. The second-order valence-corrected chi connectivity index (χ2v) is 13.4. The Bertz CT molecular complexity index is 825. The van der Waals surface area contributed by atoms with Crippen molar-refractivity contribution in [2.45, 2.75) is 58.2 Å². The molecule has 0 aliphatic carbocycles. The van der Waals surface area contributed by atoms with E-state index in [1.165, 1.54) is 0 Å². The zero-order chi connectivity index (χ0) is 20.2. The highest BCUT2D eigenvalue weighted by atomic mass is 28.3. The molecule has 0 spiro atoms. The smallest absolute Gasteiger partial charge is 0.188 e. The van der Waals surface area contributed by atoms with Gasteiger partial charge in [0.15, 0.2) is 6.79 Å². The summed E-state index contributed by atoms with van der Waals surface area (Å²) in [6.45, 7) is 14.1. The van der Waals surface area contributed by atoms with Gasteiger partial charge in [0.05, 0.1) is 1.37 Å². The molecule has 0 aliphatic heterocycles. The lowest BCUT2D eigenvalue weighted by Gasteiger charge is -2.38. The minimum absolute atomic E-state index is 0.176. The van der Waals surface area contributed by atoms with Crippen LogP contribution in [0.15, 0.2) is 36.4 Å². The van der Waals surface area contributed by atoms with Crippen LogP contribution in [0.1, 0.15) is 48.5 Å². The van der Waals surface area contributed by atoms with Crippen LogP contribution in [0.5, 0.6) is 5.75 Å². The van der Waals surface area contributed by atoms with Gasteiger partial charge in [-0.3, -0.25) is 0 Å². The van der Waals surface area contributed by atoms with Gasteiger partial charge in [-0.1, -0.05) is 59.6 Å². The van der Waals surface area contributed by atoms with Crippen molar-refractivity contribution in [3.05, 3.63) is 41.9 Å². The van der Waals surface area contributed by atoms with Gasteiger partial charge in [0.25, 0.3) is 0 Å². The van der Waals surface area contributed by atoms with E-state index in [1.54, 1.807) is 13.2 Å². The topological polar surface area (TPSA) is 18.5 Å². The summed E-state index contributed by atoms with van der Waals surface area (Å²) in [6.07, 6.45) is 0. The van der Waals surface area contributed by atoms with Gasteiger partial charge >= 0.3 is 0 Å². The summed E-state index contributed by atoms with van der Waals surface area (Å²) in [7, 11) is -0.219. The molecule has 2 aromatic carbocycles. The molecule has 26 heavy (non-hydrogen) atoms. The largest absolute Gasteiger partial charge is 0.468 e. The van der Waals surface area contributed by atoms with Crippen LogP contribution in [0.3, 0.4) is 0 Å². The molecule has 0 saturated heterocycles. The Hall–Kier alpha value is -1.76. The molecule has 0 N–H and O–H groups in total. The first-order valence-electron chi connectivity index (χ1n) is 9.92. The van der Waals surface area contributed by atoms with Gasteiger partial charge in [-0.2, -0.15) is 0 Å². The molecule has 2 nitrogen and oxygen atoms in total. The van der Waals surface area contributed by atoms with Crippen LogP contribution in [0.2, 0.25) is 16.6 Å². The lowest BCUT2D eigenvalue weighted by molar-refractivity contribution is 0.0512. The molecule has 0 fully saturated rings. The zero-order valence-corrected chi connectivity index (χ0v) is 18.1. The molecule has 3 heteroatoms. The number of fused-ring (bicyclic) bond motifs is 1. The maximum atomic E-state index is 8.49. The predicted molar refractivity (Wildman–Crippen MR) is 114 cm³/mol. The SMILES string of the molecule is [2H]c1cc(OCOC)cc2cccc(C#C[Si](C(C)C)(C(C)C)C(C)C)c12. The normalized spacial score (nSPS) is 12.5. The summed E-state index contributed by atoms with van der Waals surface area (Å²) in [4.78, 5) is 0. The first kappa shape index (κ1) is 19.0. The average Bonchev–Trinajstić information content (AvgIpc) is 2.59. The van der Waals surface area contributed by atoms with E-state index in [4.69, 9.17) is 10.8 Å². The second-order valence-electron chi connectivity index (χ2n) is 7.80. The Morgan fingerprint density at radius 1 is 1.04 bits per heavy atom. The Morgan fingerprint density at radius 2 is 1.69 bits per heavy atom. The molecule has 2 aromatic rings. The van der Waals surface area contributed by atoms with Crippen molar-refractivity contribution in [1.29, 1.82) is 0 Å². The lowest BCUT2D eigenvalue weighted by Crippen LogP contribution is -2.43. The van der Waals surface area contributed by atoms with E-state index in [0.717, 1.165) is 16.3 Å². The maximum Gasteiger partial charge on any atom is 0.188 e. The molecule has 0 atom stereocenters. The van der Waals surface area contributed by atoms with Crippen molar-refractivity contribution < 1.29 is 10.8 Å². The standard InChI is InChI=1S/C23H32O2Si/c1-17(2)26(18(3)4,19(5)6)14-13-20-9-8-10-21-15-22(25-16-24-7)11-12-23(20)21/h8-12,15,17-19H,16H2,1-7H3/i12D. The zero-order valence-electron chi connectivity index (χ0n) is 18.1. The van der Waals surface area contributed by atoms with Crippen LogP contribution < -0.4 is 4.74 Å². The molecular weight excluding hydrogens is 336 g/mol. The molecular formula is C23H32O2Si. The van der Waals surface area contributed by atoms with E-state index in [-0.39, 0.29) is 6.79 Å². The van der Waals surface area contributed by atoms with Gasteiger partial charge in [-0.15, -0.1) is 5.54 Å². The third-order valence-electron chi connectivity index (χ3n) is 5.38. The van der Waals surface area contributed by atoms with Crippen molar-refractivity contribution in [3.8, 4) is 17.2 Å². The van der Waals surface area contributed by atoms with Crippen molar-refractivity contribution in [3.63, 3.8) is 0 Å². The van der Waals surface area contributed by atoms with Gasteiger partial charge in [0, 0.05) is 12.7 Å². The third-order valence-corrected chi connectivity index (χ3v) is 11.7. The summed E-state index contributed by atoms with van der Waals surface area (Å²) in [5.41, 5.74) is 6.47. The Morgan fingerprint density at radius 3 is 2.27 bits per heavy atom. The van der Waals surface area contributed by atoms with Gasteiger partial charge in [-0.25, -0.2) is 0 Å². The maximum absolute atomic E-state index is 8.49. The quantitative estimate of drug-likeness (QED) is 0.333. The molecule has 0 heterocycles. The summed E-state index contributed by atoms with van der Waals surface area (Å²) in [6, 6.07) is 10.2. The van der Waals surface area contributed by atoms with E-state index in [9.17, 15) is 0 Å². The second kappa shape index (κ2) is 8.75. The lowest BCUT2D eigenvalue weighted by atomic mass is 10.0. The number of benzene rings is 2. The predicted octanol–water partition coefficient (Wildman–Crippen LogP) is 6.39. The van der Waals surface area contributed by atoms with E-state index in [1.807, 2.05) is 24.3 Å². The molecule has 0 aliphatic rings. The van der Waals surface area contributed by atoms with Crippen LogP contribution in [-0.2, 0) is 4.74 Å². The minimum Gasteiger partial charge on any atom is -0.468 e. The first-order chi connectivity index (χ1) is 12.7. The van der Waals surface area contributed by atoms with Gasteiger partial charge in [0.2, 0.25) is 0 Å². The number of hydrogen-bond acceptors (Lipinski definition) is 2. The fourth-order valence-corrected chi connectivity index (χ4v) is 9.33. The molecule has 140 valence electrons. The number of methoxy groups -OCH3 is 1. The van der Waals surface area contributed by atoms with Crippen molar-refractivity contribution >= 4 is 18.8 Å². The van der Waals surface area contributed by atoms with E-state index >= 15 is 0 Å². The average molecular weight is 370 g/mol. The molecule has 0 radical (unpaired) electrons. The number of hydrogen-bond donors (Lipinski definition) is 0. The highest BCUT2D eigenvalue weighted by molar-refractivity contribution is 6.90. The van der Waals surface area contributed by atoms with Crippen LogP contribution in [0, 0.1) is 11.5 Å². The molecule has 0 saturated carbocycles. The van der Waals surface area contributed by atoms with Crippen LogP contribution >= 0.6 is 0 Å². The third kappa shape index (κ3) is 4.14. The van der Waals surface area contributed by atoms with E-state index in [2.05, 4.69) is 53.0 Å². The highest BCUT2D eigenvalue weighted by Gasteiger charge is 2.41. The van der Waals surface area contributed by atoms with Crippen LogP contribution in [-0.4, -0.2) is 22.0 Å². The Balaban J connectivity index is 2.59. The van der Waals surface area contributed by atoms with Gasteiger partial charge in [-0.05, 0) is 51.6 Å². The number of ether oxygens (including phenoxy) is 2. The van der Waals surface area contributed by atoms with Crippen molar-refractivity contribution in [1.82, 2.24) is 0 Å². The Kier molecular flexibility index (Phi) is 6.40. The number of rotatable bonds is 6. The summed E-state index contributed by atoms with van der Waals surface area (Å²) in [5.74, 6) is 4.15. The van der Waals surface area contributed by atoms with Crippen molar-refractivity contribution in [2.24, 2.45) is 0 Å². The minimum atomic E-state index is -1.81. The first-order valence-corrected chi connectivity index (χ1v) is 11.7. The molecule has 0 amide bonds. The fourth-order valence-electron chi connectivity index (χ4n) is 4.11. The Labute approximate surface area is 161 Å². The van der Waals surface area contributed by atoms with Crippen molar-refractivity contribution in [2.75, 3.05) is 13.9 Å². The van der Waals surface area contributed by atoms with Crippen LogP contribution in [0.4, 0.5) is 0 Å². The van der Waals surface area contributed by atoms with E-state index < -0.39 is 8.07 Å². The van der Waals surface area contributed by atoms with Crippen LogP contribution in [0.25, 0.3) is 10.8 Å². The molecule has 2 rings (SSSR count). The summed E-state index contributed by atoms with van der Waals surface area (Å²) >= 11 is 0. The van der Waals surface area contributed by atoms with Gasteiger partial charge in [0.1, 0.15) is 13.8 Å². The molecule has 0 unspecified atom stereocenters. The van der Waals surface area contributed by atoms with Gasteiger partial charge < -0.3 is 9.47 Å². The molecule has 0 aromatic heterocycles. The summed E-state index contributed by atoms with van der Waals surface area (Å²) < 4.78 is 19.0.